The van der Waals surface area contributed by atoms with Gasteiger partial charge in [0.05, 0.1) is 0 Å². The van der Waals surface area contributed by atoms with Gasteiger partial charge in [-0.25, -0.2) is 0 Å². The zero-order chi connectivity index (χ0) is 12.4. The van der Waals surface area contributed by atoms with Crippen LogP contribution >= 0.6 is 0 Å². The van der Waals surface area contributed by atoms with Crippen molar-refractivity contribution in [3.8, 4) is 0 Å². The van der Waals surface area contributed by atoms with Gasteiger partial charge in [0.2, 0.25) is 0 Å². The fourth-order valence-electron chi connectivity index (χ4n) is 2.76. The van der Waals surface area contributed by atoms with E-state index < -0.39 is 0 Å². The van der Waals surface area contributed by atoms with Crippen molar-refractivity contribution in [2.24, 2.45) is 5.41 Å². The highest BCUT2D eigenvalue weighted by atomic mass is 16.3. The van der Waals surface area contributed by atoms with E-state index in [4.69, 9.17) is 0 Å². The molecule has 3 rings (SSSR count). The lowest BCUT2D eigenvalue weighted by molar-refractivity contribution is 0.207. The van der Waals surface area contributed by atoms with Gasteiger partial charge in [0.15, 0.2) is 0 Å². The van der Waals surface area contributed by atoms with Crippen molar-refractivity contribution in [3.05, 3.63) is 29.3 Å². The van der Waals surface area contributed by atoms with E-state index in [1.54, 1.807) is 0 Å². The number of hydrogen-bond acceptors (Lipinski definition) is 3. The van der Waals surface area contributed by atoms with Crippen molar-refractivity contribution in [1.29, 1.82) is 0 Å². The van der Waals surface area contributed by atoms with Gasteiger partial charge in [-0.1, -0.05) is 18.2 Å². The molecule has 0 spiro atoms. The molecule has 2 aliphatic rings. The maximum Gasteiger partial charge on any atom is 0.0499 e. The molecule has 0 unspecified atom stereocenters. The quantitative estimate of drug-likeness (QED) is 0.743. The van der Waals surface area contributed by atoms with Crippen molar-refractivity contribution in [3.63, 3.8) is 0 Å². The lowest BCUT2D eigenvalue weighted by atomic mass is 9.99. The van der Waals surface area contributed by atoms with Crippen LogP contribution in [-0.4, -0.2) is 24.8 Å². The number of para-hydroxylation sites is 1. The Bertz CT molecular complexity index is 427. The van der Waals surface area contributed by atoms with Crippen LogP contribution in [0.4, 0.5) is 5.69 Å². The molecule has 1 fully saturated rings. The smallest absolute Gasteiger partial charge is 0.0499 e. The van der Waals surface area contributed by atoms with Crippen LogP contribution in [-0.2, 0) is 13.0 Å². The summed E-state index contributed by atoms with van der Waals surface area (Å²) in [5.41, 5.74) is 4.34. The summed E-state index contributed by atoms with van der Waals surface area (Å²) in [6.07, 6.45) is 4.76. The number of anilines is 1. The van der Waals surface area contributed by atoms with Gasteiger partial charge in [0.25, 0.3) is 0 Å². The summed E-state index contributed by atoms with van der Waals surface area (Å²) in [7, 11) is 0. The average molecular weight is 246 g/mol. The minimum Gasteiger partial charge on any atom is -0.396 e. The second-order valence-electron chi connectivity index (χ2n) is 5.74. The molecule has 1 aromatic carbocycles. The van der Waals surface area contributed by atoms with E-state index in [0.717, 1.165) is 19.6 Å². The Labute approximate surface area is 109 Å². The number of fused-ring (bicyclic) bond motifs is 1. The predicted octanol–water partition coefficient (Wildman–Crippen LogP) is 1.91. The average Bonchev–Trinajstić information content (AvgIpc) is 3.20. The molecular weight excluding hydrogens is 224 g/mol. The zero-order valence-electron chi connectivity index (χ0n) is 10.8. The molecule has 0 aromatic heterocycles. The standard InChI is InChI=1S/C15H22N2O/c18-11-15(6-7-15)10-16-9-13-4-1-3-12-5-2-8-17-14(12)13/h1,3-4,16-18H,2,5-11H2. The molecule has 1 aliphatic carbocycles. The first-order valence-electron chi connectivity index (χ1n) is 6.99. The SMILES string of the molecule is OCC1(CNCc2cccc3c2NCCC3)CC1. The molecule has 0 amide bonds. The van der Waals surface area contributed by atoms with Crippen molar-refractivity contribution in [2.75, 3.05) is 25.0 Å². The van der Waals surface area contributed by atoms with E-state index in [1.807, 2.05) is 0 Å². The molecule has 3 N–H and O–H groups in total. The lowest BCUT2D eigenvalue weighted by Crippen LogP contribution is -2.27. The van der Waals surface area contributed by atoms with Crippen LogP contribution in [0.2, 0.25) is 0 Å². The molecule has 1 aliphatic heterocycles. The molecule has 98 valence electrons. The summed E-state index contributed by atoms with van der Waals surface area (Å²) in [5, 5.41) is 16.3. The fraction of sp³-hybridized carbons (Fsp3) is 0.600. The Morgan fingerprint density at radius 1 is 1.33 bits per heavy atom. The third-order valence-electron chi connectivity index (χ3n) is 4.27. The number of aryl methyl sites for hydroxylation is 1. The summed E-state index contributed by atoms with van der Waals surface area (Å²) in [5.74, 6) is 0. The van der Waals surface area contributed by atoms with E-state index in [0.29, 0.717) is 6.61 Å². The summed E-state index contributed by atoms with van der Waals surface area (Å²) in [6.45, 7) is 3.25. The van der Waals surface area contributed by atoms with Crippen LogP contribution in [0.5, 0.6) is 0 Å². The number of aliphatic hydroxyl groups excluding tert-OH is 1. The molecule has 1 heterocycles. The van der Waals surface area contributed by atoms with E-state index in [9.17, 15) is 5.11 Å². The Morgan fingerprint density at radius 3 is 3.00 bits per heavy atom. The second-order valence-corrected chi connectivity index (χ2v) is 5.74. The highest BCUT2D eigenvalue weighted by Gasteiger charge is 2.41. The normalized spacial score (nSPS) is 20.1. The first-order valence-corrected chi connectivity index (χ1v) is 6.99. The van der Waals surface area contributed by atoms with Gasteiger partial charge in [0.1, 0.15) is 0 Å². The molecule has 1 aromatic rings. The predicted molar refractivity (Wildman–Crippen MR) is 73.7 cm³/mol. The first kappa shape index (κ1) is 12.0. The molecule has 0 radical (unpaired) electrons. The summed E-state index contributed by atoms with van der Waals surface area (Å²) >= 11 is 0. The number of aliphatic hydroxyl groups is 1. The Morgan fingerprint density at radius 2 is 2.22 bits per heavy atom. The third kappa shape index (κ3) is 2.38. The van der Waals surface area contributed by atoms with Gasteiger partial charge in [0, 0.05) is 37.3 Å². The first-order chi connectivity index (χ1) is 8.83. The Hall–Kier alpha value is -1.06. The van der Waals surface area contributed by atoms with E-state index in [1.165, 1.54) is 42.5 Å². The molecule has 0 bridgehead atoms. The highest BCUT2D eigenvalue weighted by molar-refractivity contribution is 5.59. The van der Waals surface area contributed by atoms with Gasteiger partial charge < -0.3 is 15.7 Å². The van der Waals surface area contributed by atoms with Crippen LogP contribution in [0.1, 0.15) is 30.4 Å². The maximum absolute atomic E-state index is 9.29. The Balaban J connectivity index is 1.62. The second kappa shape index (κ2) is 4.90. The van der Waals surface area contributed by atoms with Gasteiger partial charge >= 0.3 is 0 Å². The lowest BCUT2D eigenvalue weighted by Gasteiger charge is -2.22. The molecule has 0 atom stereocenters. The van der Waals surface area contributed by atoms with E-state index >= 15 is 0 Å². The molecular formula is C15H22N2O. The number of nitrogens with one attached hydrogen (secondary N) is 2. The monoisotopic (exact) mass is 246 g/mol. The topological polar surface area (TPSA) is 44.3 Å². The van der Waals surface area contributed by atoms with Crippen molar-refractivity contribution in [2.45, 2.75) is 32.2 Å². The van der Waals surface area contributed by atoms with E-state index in [-0.39, 0.29) is 5.41 Å². The van der Waals surface area contributed by atoms with Crippen molar-refractivity contribution < 1.29 is 5.11 Å². The number of benzene rings is 1. The van der Waals surface area contributed by atoms with Crippen molar-refractivity contribution in [1.82, 2.24) is 5.32 Å². The number of hydrogen-bond donors (Lipinski definition) is 3. The largest absolute Gasteiger partial charge is 0.396 e. The van der Waals surface area contributed by atoms with E-state index in [2.05, 4.69) is 28.8 Å². The fourth-order valence-corrected chi connectivity index (χ4v) is 2.76. The molecule has 0 saturated heterocycles. The van der Waals surface area contributed by atoms with Crippen LogP contribution < -0.4 is 10.6 Å². The van der Waals surface area contributed by atoms with Crippen LogP contribution in [0.3, 0.4) is 0 Å². The minimum absolute atomic E-state index is 0.197. The maximum atomic E-state index is 9.29. The molecule has 3 nitrogen and oxygen atoms in total. The van der Waals surface area contributed by atoms with Gasteiger partial charge in [-0.05, 0) is 36.8 Å². The van der Waals surface area contributed by atoms with Gasteiger partial charge in [-0.3, -0.25) is 0 Å². The van der Waals surface area contributed by atoms with Crippen LogP contribution in [0.25, 0.3) is 0 Å². The number of rotatable bonds is 5. The minimum atomic E-state index is 0.197. The zero-order valence-corrected chi connectivity index (χ0v) is 10.8. The summed E-state index contributed by atoms with van der Waals surface area (Å²) in [4.78, 5) is 0. The highest BCUT2D eigenvalue weighted by Crippen LogP contribution is 2.44. The van der Waals surface area contributed by atoms with Crippen LogP contribution in [0.15, 0.2) is 18.2 Å². The summed E-state index contributed by atoms with van der Waals surface area (Å²) < 4.78 is 0. The summed E-state index contributed by atoms with van der Waals surface area (Å²) in [6, 6.07) is 6.57. The molecule has 1 saturated carbocycles. The van der Waals surface area contributed by atoms with Crippen LogP contribution in [0, 0.1) is 5.41 Å². The van der Waals surface area contributed by atoms with Gasteiger partial charge in [-0.2, -0.15) is 0 Å². The van der Waals surface area contributed by atoms with Crippen molar-refractivity contribution >= 4 is 5.69 Å². The molecule has 18 heavy (non-hydrogen) atoms. The Kier molecular flexibility index (Phi) is 3.27. The third-order valence-corrected chi connectivity index (χ3v) is 4.27. The molecule has 3 heteroatoms. The van der Waals surface area contributed by atoms with Gasteiger partial charge in [-0.15, -0.1) is 0 Å².